The molecular formula is C21H34F3IN4O. The highest BCUT2D eigenvalue weighted by Gasteiger charge is 2.28. The molecular weight excluding hydrogens is 508 g/mol. The van der Waals surface area contributed by atoms with Gasteiger partial charge in [-0.2, -0.15) is 13.2 Å². The maximum Gasteiger partial charge on any atom is 0.422 e. The van der Waals surface area contributed by atoms with E-state index in [0.717, 1.165) is 31.2 Å². The normalized spacial score (nSPS) is 18.1. The lowest BCUT2D eigenvalue weighted by atomic mass is 9.97. The molecule has 1 aliphatic rings. The van der Waals surface area contributed by atoms with Crippen LogP contribution in [0.2, 0.25) is 0 Å². The summed E-state index contributed by atoms with van der Waals surface area (Å²) in [4.78, 5) is 7.11. The van der Waals surface area contributed by atoms with Crippen LogP contribution in [0.15, 0.2) is 29.3 Å². The van der Waals surface area contributed by atoms with Crippen molar-refractivity contribution in [2.24, 2.45) is 10.9 Å². The van der Waals surface area contributed by atoms with Crippen LogP contribution in [0.25, 0.3) is 0 Å². The zero-order chi connectivity index (χ0) is 21.3. The quantitative estimate of drug-likeness (QED) is 0.290. The van der Waals surface area contributed by atoms with Gasteiger partial charge in [0.15, 0.2) is 12.6 Å². The lowest BCUT2D eigenvalue weighted by molar-refractivity contribution is -0.153. The molecule has 1 saturated heterocycles. The number of hydrogen-bond acceptors (Lipinski definition) is 3. The SMILES string of the molecule is CCNC(=NCc1ccc(OCC(F)(F)F)cc1)NCC1CCCN(C(C)C)C1.I. The van der Waals surface area contributed by atoms with Gasteiger partial charge >= 0.3 is 6.18 Å². The van der Waals surface area contributed by atoms with Gasteiger partial charge in [0.05, 0.1) is 6.54 Å². The van der Waals surface area contributed by atoms with Crippen molar-refractivity contribution in [1.82, 2.24) is 15.5 Å². The first-order valence-corrected chi connectivity index (χ1v) is 10.3. The number of benzene rings is 1. The summed E-state index contributed by atoms with van der Waals surface area (Å²) in [5.41, 5.74) is 0.908. The number of aliphatic imine (C=N–C) groups is 1. The lowest BCUT2D eigenvalue weighted by Crippen LogP contribution is -2.46. The van der Waals surface area contributed by atoms with Crippen LogP contribution in [0.4, 0.5) is 13.2 Å². The van der Waals surface area contributed by atoms with Crippen molar-refractivity contribution in [2.45, 2.75) is 52.4 Å². The fraction of sp³-hybridized carbons (Fsp3) is 0.667. The highest BCUT2D eigenvalue weighted by Crippen LogP contribution is 2.19. The van der Waals surface area contributed by atoms with E-state index >= 15 is 0 Å². The number of halogens is 4. The number of piperidine rings is 1. The molecule has 30 heavy (non-hydrogen) atoms. The summed E-state index contributed by atoms with van der Waals surface area (Å²) in [6.45, 7) is 9.56. The summed E-state index contributed by atoms with van der Waals surface area (Å²) in [5, 5.41) is 6.68. The zero-order valence-corrected chi connectivity index (χ0v) is 20.3. The highest BCUT2D eigenvalue weighted by atomic mass is 127. The third-order valence-electron chi connectivity index (χ3n) is 4.93. The molecule has 0 bridgehead atoms. The molecule has 0 amide bonds. The molecule has 0 aromatic heterocycles. The van der Waals surface area contributed by atoms with E-state index in [1.807, 2.05) is 6.92 Å². The Kier molecular flexibility index (Phi) is 11.8. The van der Waals surface area contributed by atoms with Crippen molar-refractivity contribution in [3.63, 3.8) is 0 Å². The van der Waals surface area contributed by atoms with Gasteiger partial charge in [-0.25, -0.2) is 4.99 Å². The number of nitrogens with one attached hydrogen (secondary N) is 2. The van der Waals surface area contributed by atoms with Crippen LogP contribution in [0.5, 0.6) is 5.75 Å². The number of likely N-dealkylation sites (tertiary alicyclic amines) is 1. The fourth-order valence-corrected chi connectivity index (χ4v) is 3.34. The van der Waals surface area contributed by atoms with Crippen LogP contribution in [-0.4, -0.2) is 55.9 Å². The first-order valence-electron chi connectivity index (χ1n) is 10.3. The average Bonchev–Trinajstić information content (AvgIpc) is 2.69. The molecule has 172 valence electrons. The Morgan fingerprint density at radius 3 is 2.53 bits per heavy atom. The summed E-state index contributed by atoms with van der Waals surface area (Å²) in [6, 6.07) is 7.13. The predicted molar refractivity (Wildman–Crippen MR) is 126 cm³/mol. The van der Waals surface area contributed by atoms with Crippen molar-refractivity contribution in [1.29, 1.82) is 0 Å². The van der Waals surface area contributed by atoms with Crippen molar-refractivity contribution >= 4 is 29.9 Å². The molecule has 1 fully saturated rings. The molecule has 0 radical (unpaired) electrons. The van der Waals surface area contributed by atoms with E-state index in [2.05, 4.69) is 34.4 Å². The summed E-state index contributed by atoms with van der Waals surface area (Å²) < 4.78 is 41.4. The summed E-state index contributed by atoms with van der Waals surface area (Å²) in [5.74, 6) is 1.55. The predicted octanol–water partition coefficient (Wildman–Crippen LogP) is 4.42. The van der Waals surface area contributed by atoms with Crippen LogP contribution >= 0.6 is 24.0 Å². The van der Waals surface area contributed by atoms with Gasteiger partial charge in [0, 0.05) is 25.7 Å². The number of alkyl halides is 3. The summed E-state index contributed by atoms with van der Waals surface area (Å²) in [7, 11) is 0. The third-order valence-corrected chi connectivity index (χ3v) is 4.93. The fourth-order valence-electron chi connectivity index (χ4n) is 3.34. The molecule has 0 saturated carbocycles. The number of ether oxygens (including phenoxy) is 1. The Morgan fingerprint density at radius 1 is 1.23 bits per heavy atom. The van der Waals surface area contributed by atoms with Crippen molar-refractivity contribution < 1.29 is 17.9 Å². The second kappa shape index (κ2) is 13.2. The summed E-state index contributed by atoms with van der Waals surface area (Å²) in [6.07, 6.45) is -1.89. The molecule has 2 rings (SSSR count). The molecule has 1 aromatic rings. The van der Waals surface area contributed by atoms with Gasteiger partial charge in [-0.15, -0.1) is 24.0 Å². The maximum absolute atomic E-state index is 12.2. The minimum atomic E-state index is -4.33. The van der Waals surface area contributed by atoms with E-state index < -0.39 is 12.8 Å². The molecule has 1 atom stereocenters. The van der Waals surface area contributed by atoms with E-state index in [1.54, 1.807) is 24.3 Å². The van der Waals surface area contributed by atoms with Crippen molar-refractivity contribution in [3.8, 4) is 5.75 Å². The highest BCUT2D eigenvalue weighted by molar-refractivity contribution is 14.0. The first-order chi connectivity index (χ1) is 13.8. The van der Waals surface area contributed by atoms with Crippen LogP contribution in [-0.2, 0) is 6.54 Å². The molecule has 2 N–H and O–H groups in total. The van der Waals surface area contributed by atoms with Gasteiger partial charge < -0.3 is 20.3 Å². The number of guanidine groups is 1. The maximum atomic E-state index is 12.2. The molecule has 1 aliphatic heterocycles. The Morgan fingerprint density at radius 2 is 1.93 bits per heavy atom. The first kappa shape index (κ1) is 26.8. The monoisotopic (exact) mass is 542 g/mol. The average molecular weight is 542 g/mol. The number of rotatable bonds is 8. The van der Waals surface area contributed by atoms with Gasteiger partial charge in [0.1, 0.15) is 5.75 Å². The Hall–Kier alpha value is -1.23. The minimum Gasteiger partial charge on any atom is -0.484 e. The lowest BCUT2D eigenvalue weighted by Gasteiger charge is -2.35. The Bertz CT molecular complexity index is 638. The van der Waals surface area contributed by atoms with Crippen molar-refractivity contribution in [2.75, 3.05) is 32.8 Å². The molecule has 9 heteroatoms. The van der Waals surface area contributed by atoms with Gasteiger partial charge in [-0.05, 0) is 63.8 Å². The van der Waals surface area contributed by atoms with Crippen LogP contribution in [0.1, 0.15) is 39.2 Å². The van der Waals surface area contributed by atoms with Crippen LogP contribution < -0.4 is 15.4 Å². The zero-order valence-electron chi connectivity index (χ0n) is 18.0. The van der Waals surface area contributed by atoms with E-state index in [0.29, 0.717) is 18.5 Å². The molecule has 5 nitrogen and oxygen atoms in total. The number of nitrogens with zero attached hydrogens (tertiary/aromatic N) is 2. The van der Waals surface area contributed by atoms with Crippen LogP contribution in [0.3, 0.4) is 0 Å². The molecule has 1 aromatic carbocycles. The third kappa shape index (κ3) is 10.2. The Balaban J connectivity index is 0.00000450. The smallest absolute Gasteiger partial charge is 0.422 e. The second-order valence-electron chi connectivity index (χ2n) is 7.72. The van der Waals surface area contributed by atoms with E-state index in [4.69, 9.17) is 4.74 Å². The molecule has 0 aliphatic carbocycles. The molecule has 0 spiro atoms. The Labute approximate surface area is 194 Å². The van der Waals surface area contributed by atoms with Crippen LogP contribution in [0, 0.1) is 5.92 Å². The van der Waals surface area contributed by atoms with Crippen molar-refractivity contribution in [3.05, 3.63) is 29.8 Å². The van der Waals surface area contributed by atoms with E-state index in [1.165, 1.54) is 19.4 Å². The number of hydrogen-bond donors (Lipinski definition) is 2. The summed E-state index contributed by atoms with van der Waals surface area (Å²) >= 11 is 0. The minimum absolute atomic E-state index is 0. The van der Waals surface area contributed by atoms with Gasteiger partial charge in [0.2, 0.25) is 0 Å². The van der Waals surface area contributed by atoms with Gasteiger partial charge in [-0.3, -0.25) is 0 Å². The molecule has 1 heterocycles. The topological polar surface area (TPSA) is 48.9 Å². The van der Waals surface area contributed by atoms with E-state index in [9.17, 15) is 13.2 Å². The molecule has 1 unspecified atom stereocenters. The van der Waals surface area contributed by atoms with E-state index in [-0.39, 0.29) is 29.7 Å². The van der Waals surface area contributed by atoms with Gasteiger partial charge in [0.25, 0.3) is 0 Å². The van der Waals surface area contributed by atoms with Gasteiger partial charge in [-0.1, -0.05) is 12.1 Å². The largest absolute Gasteiger partial charge is 0.484 e. The standard InChI is InChI=1S/C21H33F3N4O.HI/c1-4-25-20(27-13-18-6-5-11-28(14-18)16(2)3)26-12-17-7-9-19(10-8-17)29-15-21(22,23)24;/h7-10,16,18H,4-6,11-15H2,1-3H3,(H2,25,26,27);1H. The second-order valence-corrected chi connectivity index (χ2v) is 7.72.